The van der Waals surface area contributed by atoms with Crippen LogP contribution in [0.1, 0.15) is 83.5 Å². The van der Waals surface area contributed by atoms with Crippen LogP contribution in [0.5, 0.6) is 5.75 Å². The summed E-state index contributed by atoms with van der Waals surface area (Å²) >= 11 is 6.18. The average molecular weight is 574 g/mol. The number of aliphatic hydroxyl groups is 1. The maximum atomic E-state index is 12.7. The normalized spacial score (nSPS) is 20.2. The summed E-state index contributed by atoms with van der Waals surface area (Å²) in [6, 6.07) is 7.51. The van der Waals surface area contributed by atoms with E-state index in [0.717, 1.165) is 80.0 Å². The number of hydrogen-bond acceptors (Lipinski definition) is 6. The van der Waals surface area contributed by atoms with Gasteiger partial charge in [-0.3, -0.25) is 14.7 Å². The molecule has 2 N–H and O–H groups in total. The minimum atomic E-state index is -0.470. The highest BCUT2D eigenvalue weighted by molar-refractivity contribution is 6.31. The molecule has 3 heterocycles. The zero-order valence-electron chi connectivity index (χ0n) is 25.1. The molecule has 1 amide bonds. The average Bonchev–Trinajstić information content (AvgIpc) is 3.22. The first kappa shape index (κ1) is 33.7. The van der Waals surface area contributed by atoms with E-state index < -0.39 is 5.41 Å². The molecule has 7 nitrogen and oxygen atoms in total. The summed E-state index contributed by atoms with van der Waals surface area (Å²) < 4.78 is 5.84. The topological polar surface area (TPSA) is 91.8 Å². The fraction of sp³-hybridized carbons (Fsp3) is 0.594. The lowest BCUT2D eigenvalue weighted by molar-refractivity contribution is -0.122. The second-order valence-electron chi connectivity index (χ2n) is 10.1. The first-order valence-corrected chi connectivity index (χ1v) is 15.3. The highest BCUT2D eigenvalue weighted by Gasteiger charge is 2.48. The molecular weight excluding hydrogens is 526 g/mol. The largest absolute Gasteiger partial charge is 0.491 e. The van der Waals surface area contributed by atoms with Gasteiger partial charge < -0.3 is 20.0 Å². The molecular formula is C32H48ClN3O4. The quantitative estimate of drug-likeness (QED) is 0.374. The summed E-state index contributed by atoms with van der Waals surface area (Å²) in [5.74, 6) is 1.61. The smallest absolute Gasteiger partial charge is 0.235 e. The lowest BCUT2D eigenvalue weighted by atomic mass is 9.73. The summed E-state index contributed by atoms with van der Waals surface area (Å²) in [6.45, 7) is 15.0. The van der Waals surface area contributed by atoms with Crippen LogP contribution < -0.4 is 10.1 Å². The fourth-order valence-electron chi connectivity index (χ4n) is 5.30. The Labute approximate surface area is 245 Å². The van der Waals surface area contributed by atoms with Gasteiger partial charge >= 0.3 is 0 Å². The number of rotatable bonds is 7. The molecule has 1 spiro atoms. The van der Waals surface area contributed by atoms with E-state index in [9.17, 15) is 9.59 Å². The molecule has 1 aliphatic carbocycles. The van der Waals surface area contributed by atoms with Gasteiger partial charge in [0.1, 0.15) is 18.6 Å². The van der Waals surface area contributed by atoms with Crippen molar-refractivity contribution in [1.29, 1.82) is 0 Å². The van der Waals surface area contributed by atoms with Crippen LogP contribution >= 0.6 is 11.6 Å². The van der Waals surface area contributed by atoms with E-state index in [-0.39, 0.29) is 12.0 Å². The molecule has 0 unspecified atom stereocenters. The molecule has 1 saturated carbocycles. The zero-order chi connectivity index (χ0) is 29.7. The Bertz CT molecular complexity index is 1080. The van der Waals surface area contributed by atoms with Crippen LogP contribution in [0.2, 0.25) is 5.02 Å². The number of amides is 1. The number of pyridine rings is 1. The summed E-state index contributed by atoms with van der Waals surface area (Å²) in [5.41, 5.74) is 3.18. The number of halogens is 1. The third-order valence-electron chi connectivity index (χ3n) is 7.82. The molecule has 1 aromatic heterocycles. The van der Waals surface area contributed by atoms with Crippen molar-refractivity contribution in [3.63, 3.8) is 0 Å². The second kappa shape index (κ2) is 16.7. The van der Waals surface area contributed by atoms with Crippen LogP contribution in [-0.4, -0.2) is 59.5 Å². The molecule has 0 radical (unpaired) electrons. The number of aliphatic hydroxyl groups excluding tert-OH is 1. The van der Waals surface area contributed by atoms with E-state index in [1.54, 1.807) is 6.20 Å². The molecule has 2 aliphatic heterocycles. The third-order valence-corrected chi connectivity index (χ3v) is 8.06. The highest BCUT2D eigenvalue weighted by Crippen LogP contribution is 2.45. The van der Waals surface area contributed by atoms with Crippen LogP contribution in [0.4, 0.5) is 5.69 Å². The second-order valence-corrected chi connectivity index (χ2v) is 10.5. The van der Waals surface area contributed by atoms with Crippen molar-refractivity contribution in [3.8, 4) is 5.75 Å². The molecule has 2 fully saturated rings. The number of carbonyl (C=O) groups is 2. The summed E-state index contributed by atoms with van der Waals surface area (Å²) in [5, 5.41) is 12.4. The molecule has 0 atom stereocenters. The number of piperidine rings is 1. The Balaban J connectivity index is 0.000000434. The van der Waals surface area contributed by atoms with Gasteiger partial charge in [0.05, 0.1) is 17.7 Å². The third kappa shape index (κ3) is 8.51. The first-order chi connectivity index (χ1) is 19.3. The van der Waals surface area contributed by atoms with E-state index in [1.807, 2.05) is 58.9 Å². The molecule has 40 heavy (non-hydrogen) atoms. The molecule has 5 rings (SSSR count). The van der Waals surface area contributed by atoms with Crippen molar-refractivity contribution in [2.75, 3.05) is 31.6 Å². The van der Waals surface area contributed by atoms with Crippen molar-refractivity contribution in [2.45, 2.75) is 91.6 Å². The molecule has 2 aromatic rings. The molecule has 0 bridgehead atoms. The first-order valence-electron chi connectivity index (χ1n) is 14.9. The van der Waals surface area contributed by atoms with E-state index in [0.29, 0.717) is 23.8 Å². The number of hydrogen-bond donors (Lipinski definition) is 2. The summed E-state index contributed by atoms with van der Waals surface area (Å²) in [4.78, 5) is 30.1. The highest BCUT2D eigenvalue weighted by atomic mass is 35.5. The Morgan fingerprint density at radius 1 is 1.18 bits per heavy atom. The Hall–Kier alpha value is -2.48. The van der Waals surface area contributed by atoms with Crippen molar-refractivity contribution in [1.82, 2.24) is 9.88 Å². The number of benzene rings is 1. The molecule has 3 aliphatic rings. The lowest BCUT2D eigenvalue weighted by Crippen LogP contribution is -2.47. The minimum Gasteiger partial charge on any atom is -0.491 e. The van der Waals surface area contributed by atoms with Crippen molar-refractivity contribution in [3.05, 3.63) is 52.3 Å². The number of nitrogens with one attached hydrogen (secondary N) is 1. The fourth-order valence-corrected chi connectivity index (χ4v) is 5.47. The van der Waals surface area contributed by atoms with E-state index in [4.69, 9.17) is 21.4 Å². The van der Waals surface area contributed by atoms with Gasteiger partial charge in [-0.05, 0) is 87.0 Å². The summed E-state index contributed by atoms with van der Waals surface area (Å²) in [6.07, 6.45) is 7.84. The number of ether oxygens (including phenoxy) is 1. The molecule has 8 heteroatoms. The predicted octanol–water partition coefficient (Wildman–Crippen LogP) is 6.37. The van der Waals surface area contributed by atoms with Crippen molar-refractivity contribution in [2.24, 2.45) is 5.92 Å². The number of fused-ring (bicyclic) bond motifs is 2. The number of likely N-dealkylation sites (tertiary alicyclic amines) is 1. The molecule has 1 saturated heterocycles. The summed E-state index contributed by atoms with van der Waals surface area (Å²) in [7, 11) is 0. The van der Waals surface area contributed by atoms with E-state index >= 15 is 0 Å². The Morgan fingerprint density at radius 3 is 2.42 bits per heavy atom. The number of anilines is 1. The van der Waals surface area contributed by atoms with Crippen LogP contribution in [-0.2, 0) is 21.4 Å². The van der Waals surface area contributed by atoms with Gasteiger partial charge in [-0.2, -0.15) is 0 Å². The van der Waals surface area contributed by atoms with Gasteiger partial charge in [-0.25, -0.2) is 0 Å². The van der Waals surface area contributed by atoms with Gasteiger partial charge in [0.25, 0.3) is 0 Å². The van der Waals surface area contributed by atoms with Crippen molar-refractivity contribution < 1.29 is 19.4 Å². The SMILES string of the molecule is CC.CC.CCC1CC(O)C1.Cc1ncc(OCCN2CCC3(CC2)C(=O)Nc2ccc(Cl)cc23)cc1CC=O. The van der Waals surface area contributed by atoms with Crippen molar-refractivity contribution >= 4 is 29.5 Å². The van der Waals surface area contributed by atoms with E-state index in [1.165, 1.54) is 6.42 Å². The Morgan fingerprint density at radius 2 is 1.85 bits per heavy atom. The standard InChI is InChI=1S/C22H24ClN3O3.C6H12O.2C2H6/c1-15-16(4-10-27)12-18(14-24-15)29-11-9-26-7-5-22(6-8-26)19-13-17(23)2-3-20(19)25-21(22)28;1-2-5-3-6(7)4-5;2*1-2/h2-3,10,12-14H,4-9,11H2,1H3,(H,25,28);5-7H,2-4H2,1H3;2*1-2H3. The predicted molar refractivity (Wildman–Crippen MR) is 163 cm³/mol. The number of aryl methyl sites for hydroxylation is 1. The van der Waals surface area contributed by atoms with Crippen LogP contribution in [0.25, 0.3) is 0 Å². The van der Waals surface area contributed by atoms with Crippen LogP contribution in [0.3, 0.4) is 0 Å². The van der Waals surface area contributed by atoms with Gasteiger partial charge in [0.2, 0.25) is 5.91 Å². The van der Waals surface area contributed by atoms with Gasteiger partial charge in [0, 0.05) is 29.4 Å². The molecule has 1 aromatic carbocycles. The van der Waals surface area contributed by atoms with Crippen LogP contribution in [0.15, 0.2) is 30.5 Å². The number of aromatic nitrogens is 1. The number of aldehydes is 1. The Kier molecular flexibility index (Phi) is 14.1. The van der Waals surface area contributed by atoms with Gasteiger partial charge in [-0.15, -0.1) is 0 Å². The maximum absolute atomic E-state index is 12.7. The van der Waals surface area contributed by atoms with Gasteiger partial charge in [-0.1, -0.05) is 52.6 Å². The zero-order valence-corrected chi connectivity index (χ0v) is 25.9. The van der Waals surface area contributed by atoms with E-state index in [2.05, 4.69) is 22.1 Å². The van der Waals surface area contributed by atoms with Crippen LogP contribution in [0, 0.1) is 12.8 Å². The minimum absolute atomic E-state index is 0.0462. The molecule has 222 valence electrons. The number of nitrogens with zero attached hydrogens (tertiary/aromatic N) is 2. The monoisotopic (exact) mass is 573 g/mol. The lowest BCUT2D eigenvalue weighted by Gasteiger charge is -2.37. The van der Waals surface area contributed by atoms with Gasteiger partial charge in [0.15, 0.2) is 0 Å². The maximum Gasteiger partial charge on any atom is 0.235 e. The number of carbonyl (C=O) groups excluding carboxylic acids is 2.